The van der Waals surface area contributed by atoms with Gasteiger partial charge in [-0.05, 0) is 12.1 Å². The highest BCUT2D eigenvalue weighted by molar-refractivity contribution is 5.83. The summed E-state index contributed by atoms with van der Waals surface area (Å²) in [7, 11) is 1.64. The van der Waals surface area contributed by atoms with Crippen LogP contribution in [0.5, 0.6) is 0 Å². The Hall–Kier alpha value is -1.88. The van der Waals surface area contributed by atoms with Crippen LogP contribution >= 0.6 is 0 Å². The fourth-order valence-electron chi connectivity index (χ4n) is 1.60. The number of ether oxygens (including phenoxy) is 1. The van der Waals surface area contributed by atoms with Crippen LogP contribution in [0, 0.1) is 0 Å². The quantitative estimate of drug-likeness (QED) is 0.460. The summed E-state index contributed by atoms with van der Waals surface area (Å²) >= 11 is 0. The SMILES string of the molecule is COCCN=C(N)Cc1nc2ccccc2[nH]1. The van der Waals surface area contributed by atoms with Crippen molar-refractivity contribution in [2.75, 3.05) is 20.3 Å². The van der Waals surface area contributed by atoms with Crippen molar-refractivity contribution in [3.8, 4) is 0 Å². The second-order valence-electron chi connectivity index (χ2n) is 3.74. The Balaban J connectivity index is 2.05. The third-order valence-corrected chi connectivity index (χ3v) is 2.40. The molecule has 3 N–H and O–H groups in total. The topological polar surface area (TPSA) is 76.3 Å². The molecule has 0 atom stereocenters. The number of aromatic amines is 1. The average Bonchev–Trinajstić information content (AvgIpc) is 2.71. The van der Waals surface area contributed by atoms with Gasteiger partial charge in [0.15, 0.2) is 0 Å². The lowest BCUT2D eigenvalue weighted by molar-refractivity contribution is 0.208. The second-order valence-corrected chi connectivity index (χ2v) is 3.74. The van der Waals surface area contributed by atoms with Gasteiger partial charge in [0.1, 0.15) is 11.7 Å². The maximum Gasteiger partial charge on any atom is 0.114 e. The number of hydrogen-bond donors (Lipinski definition) is 2. The Bertz CT molecular complexity index is 485. The van der Waals surface area contributed by atoms with Gasteiger partial charge < -0.3 is 15.5 Å². The van der Waals surface area contributed by atoms with Crippen molar-refractivity contribution in [2.24, 2.45) is 10.7 Å². The lowest BCUT2D eigenvalue weighted by Gasteiger charge is -1.98. The van der Waals surface area contributed by atoms with Crippen LogP contribution in [0.2, 0.25) is 0 Å². The molecule has 0 saturated carbocycles. The minimum absolute atomic E-state index is 0.540. The predicted octanol–water partition coefficient (Wildman–Crippen LogP) is 1.11. The molecule has 0 aliphatic carbocycles. The van der Waals surface area contributed by atoms with Crippen LogP contribution in [0.15, 0.2) is 29.3 Å². The number of hydrogen-bond acceptors (Lipinski definition) is 3. The van der Waals surface area contributed by atoms with Crippen molar-refractivity contribution in [3.63, 3.8) is 0 Å². The first-order valence-electron chi connectivity index (χ1n) is 5.51. The molecule has 0 aliphatic rings. The Morgan fingerprint density at radius 3 is 3.06 bits per heavy atom. The smallest absolute Gasteiger partial charge is 0.114 e. The first-order valence-corrected chi connectivity index (χ1v) is 5.51. The van der Waals surface area contributed by atoms with E-state index in [4.69, 9.17) is 10.5 Å². The Morgan fingerprint density at radius 1 is 1.47 bits per heavy atom. The maximum absolute atomic E-state index is 5.80. The summed E-state index contributed by atoms with van der Waals surface area (Å²) in [5, 5.41) is 0. The first-order chi connectivity index (χ1) is 8.29. The van der Waals surface area contributed by atoms with Crippen molar-refractivity contribution in [1.82, 2.24) is 9.97 Å². The van der Waals surface area contributed by atoms with E-state index >= 15 is 0 Å². The van der Waals surface area contributed by atoms with Crippen LogP contribution in [0.4, 0.5) is 0 Å². The van der Waals surface area contributed by atoms with E-state index in [1.165, 1.54) is 0 Å². The van der Waals surface area contributed by atoms with Crippen LogP contribution in [-0.4, -0.2) is 36.1 Å². The Kier molecular flexibility index (Phi) is 3.72. The summed E-state index contributed by atoms with van der Waals surface area (Å²) in [5.41, 5.74) is 7.77. The number of imidazole rings is 1. The number of nitrogens with zero attached hydrogens (tertiary/aromatic N) is 2. The molecule has 0 bridgehead atoms. The number of methoxy groups -OCH3 is 1. The number of amidine groups is 1. The van der Waals surface area contributed by atoms with Crippen molar-refractivity contribution in [1.29, 1.82) is 0 Å². The summed E-state index contributed by atoms with van der Waals surface area (Å²) in [6.07, 6.45) is 0.540. The van der Waals surface area contributed by atoms with Gasteiger partial charge in [-0.1, -0.05) is 12.1 Å². The minimum atomic E-state index is 0.540. The number of aromatic nitrogens is 2. The molecule has 0 fully saturated rings. The zero-order valence-electron chi connectivity index (χ0n) is 9.81. The van der Waals surface area contributed by atoms with Gasteiger partial charge in [0.2, 0.25) is 0 Å². The number of rotatable bonds is 5. The molecule has 0 amide bonds. The average molecular weight is 232 g/mol. The summed E-state index contributed by atoms with van der Waals surface area (Å²) in [4.78, 5) is 11.8. The molecule has 1 aromatic carbocycles. The van der Waals surface area contributed by atoms with E-state index < -0.39 is 0 Å². The van der Waals surface area contributed by atoms with Crippen LogP contribution in [0.1, 0.15) is 5.82 Å². The standard InChI is InChI=1S/C12H16N4O/c1-17-7-6-14-11(13)8-12-15-9-4-2-3-5-10(9)16-12/h2-5H,6-8H2,1H3,(H2,13,14)(H,15,16). The Morgan fingerprint density at radius 2 is 2.29 bits per heavy atom. The molecule has 0 spiro atoms. The molecule has 0 saturated heterocycles. The van der Waals surface area contributed by atoms with Crippen molar-refractivity contribution in [3.05, 3.63) is 30.1 Å². The molecular formula is C12H16N4O. The van der Waals surface area contributed by atoms with Crippen LogP contribution in [0.25, 0.3) is 11.0 Å². The molecule has 5 heteroatoms. The summed E-state index contributed by atoms with van der Waals surface area (Å²) in [6.45, 7) is 1.17. The van der Waals surface area contributed by atoms with Crippen LogP contribution in [0.3, 0.4) is 0 Å². The number of aliphatic imine (C=N–C) groups is 1. The zero-order chi connectivity index (χ0) is 12.1. The van der Waals surface area contributed by atoms with Crippen molar-refractivity contribution in [2.45, 2.75) is 6.42 Å². The number of H-pyrrole nitrogens is 1. The summed E-state index contributed by atoms with van der Waals surface area (Å²) in [5.74, 6) is 1.41. The fraction of sp³-hybridized carbons (Fsp3) is 0.333. The molecule has 17 heavy (non-hydrogen) atoms. The molecule has 1 heterocycles. The summed E-state index contributed by atoms with van der Waals surface area (Å²) < 4.78 is 4.90. The van der Waals surface area contributed by atoms with Gasteiger partial charge >= 0.3 is 0 Å². The van der Waals surface area contributed by atoms with Crippen molar-refractivity contribution >= 4 is 16.9 Å². The molecule has 0 aliphatic heterocycles. The predicted molar refractivity (Wildman–Crippen MR) is 68.2 cm³/mol. The maximum atomic E-state index is 5.80. The van der Waals surface area contributed by atoms with E-state index in [1.807, 2.05) is 24.3 Å². The number of nitrogens with one attached hydrogen (secondary N) is 1. The van der Waals surface area contributed by atoms with E-state index in [2.05, 4.69) is 15.0 Å². The molecule has 2 aromatic rings. The highest BCUT2D eigenvalue weighted by atomic mass is 16.5. The molecule has 0 unspecified atom stereocenters. The van der Waals surface area contributed by atoms with Gasteiger partial charge in [0.05, 0.1) is 30.6 Å². The largest absolute Gasteiger partial charge is 0.387 e. The lowest BCUT2D eigenvalue weighted by Crippen LogP contribution is -2.17. The molecule has 5 nitrogen and oxygen atoms in total. The van der Waals surface area contributed by atoms with Gasteiger partial charge in [0, 0.05) is 7.11 Å². The molecule has 0 radical (unpaired) electrons. The van der Waals surface area contributed by atoms with Crippen LogP contribution < -0.4 is 5.73 Å². The lowest BCUT2D eigenvalue weighted by atomic mass is 10.3. The van der Waals surface area contributed by atoms with Gasteiger partial charge in [-0.15, -0.1) is 0 Å². The number of fused-ring (bicyclic) bond motifs is 1. The van der Waals surface area contributed by atoms with Gasteiger partial charge in [-0.2, -0.15) is 0 Å². The van der Waals surface area contributed by atoms with Gasteiger partial charge in [-0.3, -0.25) is 4.99 Å². The Labute approximate surface area is 99.7 Å². The van der Waals surface area contributed by atoms with E-state index in [-0.39, 0.29) is 0 Å². The number of benzene rings is 1. The third-order valence-electron chi connectivity index (χ3n) is 2.40. The highest BCUT2D eigenvalue weighted by Gasteiger charge is 2.03. The van der Waals surface area contributed by atoms with Crippen LogP contribution in [-0.2, 0) is 11.2 Å². The monoisotopic (exact) mass is 232 g/mol. The van der Waals surface area contributed by atoms with E-state index in [0.29, 0.717) is 25.4 Å². The van der Waals surface area contributed by atoms with E-state index in [0.717, 1.165) is 16.9 Å². The fourth-order valence-corrected chi connectivity index (χ4v) is 1.60. The normalized spacial score (nSPS) is 12.2. The first kappa shape index (κ1) is 11.6. The van der Waals surface area contributed by atoms with Crippen molar-refractivity contribution < 1.29 is 4.74 Å². The van der Waals surface area contributed by atoms with E-state index in [1.54, 1.807) is 7.11 Å². The van der Waals surface area contributed by atoms with Gasteiger partial charge in [0.25, 0.3) is 0 Å². The summed E-state index contributed by atoms with van der Waals surface area (Å²) in [6, 6.07) is 7.89. The highest BCUT2D eigenvalue weighted by Crippen LogP contribution is 2.10. The zero-order valence-corrected chi connectivity index (χ0v) is 9.81. The second kappa shape index (κ2) is 5.45. The number of para-hydroxylation sites is 2. The molecular weight excluding hydrogens is 216 g/mol. The number of nitrogens with two attached hydrogens (primary N) is 1. The minimum Gasteiger partial charge on any atom is -0.387 e. The van der Waals surface area contributed by atoms with Gasteiger partial charge in [-0.25, -0.2) is 4.98 Å². The molecule has 1 aromatic heterocycles. The molecule has 2 rings (SSSR count). The van der Waals surface area contributed by atoms with E-state index in [9.17, 15) is 0 Å². The third kappa shape index (κ3) is 3.04. The molecule has 90 valence electrons.